The van der Waals surface area contributed by atoms with Gasteiger partial charge in [-0.25, -0.2) is 9.97 Å². The summed E-state index contributed by atoms with van der Waals surface area (Å²) in [5, 5.41) is 6.61. The average Bonchev–Trinajstić information content (AvgIpc) is 2.88. The van der Waals surface area contributed by atoms with Crippen LogP contribution in [0.5, 0.6) is 0 Å². The Morgan fingerprint density at radius 1 is 1.21 bits per heavy atom. The third-order valence-corrected chi connectivity index (χ3v) is 4.39. The van der Waals surface area contributed by atoms with E-state index in [1.807, 2.05) is 14.0 Å². The molecule has 1 aliphatic rings. The first-order chi connectivity index (χ1) is 9.09. The van der Waals surface area contributed by atoms with Crippen molar-refractivity contribution in [2.45, 2.75) is 38.1 Å². The van der Waals surface area contributed by atoms with Crippen LogP contribution < -0.4 is 10.6 Å². The van der Waals surface area contributed by atoms with Crippen LogP contribution in [0.2, 0.25) is 0 Å². The standard InChI is InChI=1S/C14H25N5/c1-11-12(15-2)17-10-18-13(11)16-9-14(19(3)4)7-5-6-8-14/h10H,5-9H2,1-4H3,(H2,15,16,17,18). The van der Waals surface area contributed by atoms with E-state index < -0.39 is 0 Å². The first-order valence-electron chi connectivity index (χ1n) is 7.00. The summed E-state index contributed by atoms with van der Waals surface area (Å²) in [7, 11) is 6.25. The first-order valence-corrected chi connectivity index (χ1v) is 7.00. The van der Waals surface area contributed by atoms with Gasteiger partial charge in [-0.15, -0.1) is 0 Å². The second-order valence-electron chi connectivity index (χ2n) is 5.63. The van der Waals surface area contributed by atoms with Gasteiger partial charge in [-0.3, -0.25) is 0 Å². The molecule has 5 nitrogen and oxygen atoms in total. The minimum atomic E-state index is 0.275. The van der Waals surface area contributed by atoms with Crippen molar-refractivity contribution in [2.75, 3.05) is 38.3 Å². The molecule has 0 aromatic carbocycles. The molecule has 1 aliphatic carbocycles. The molecular formula is C14H25N5. The Bertz CT molecular complexity index is 424. The van der Waals surface area contributed by atoms with Crippen LogP contribution in [0, 0.1) is 6.92 Å². The molecule has 0 unspecified atom stereocenters. The van der Waals surface area contributed by atoms with E-state index in [4.69, 9.17) is 0 Å². The van der Waals surface area contributed by atoms with Gasteiger partial charge in [0.15, 0.2) is 0 Å². The van der Waals surface area contributed by atoms with Gasteiger partial charge in [-0.2, -0.15) is 0 Å². The van der Waals surface area contributed by atoms with Crippen molar-refractivity contribution in [1.29, 1.82) is 0 Å². The fourth-order valence-electron chi connectivity index (χ4n) is 2.94. The Morgan fingerprint density at radius 2 is 1.84 bits per heavy atom. The third kappa shape index (κ3) is 2.81. The molecule has 5 heteroatoms. The van der Waals surface area contributed by atoms with Gasteiger partial charge in [0.05, 0.1) is 0 Å². The summed E-state index contributed by atoms with van der Waals surface area (Å²) in [5.74, 6) is 1.83. The summed E-state index contributed by atoms with van der Waals surface area (Å²) in [6.07, 6.45) is 6.78. The monoisotopic (exact) mass is 263 g/mol. The summed E-state index contributed by atoms with van der Waals surface area (Å²) < 4.78 is 0. The highest BCUT2D eigenvalue weighted by atomic mass is 15.2. The van der Waals surface area contributed by atoms with Crippen molar-refractivity contribution in [1.82, 2.24) is 14.9 Å². The van der Waals surface area contributed by atoms with Gasteiger partial charge in [-0.1, -0.05) is 12.8 Å². The molecule has 1 heterocycles. The summed E-state index contributed by atoms with van der Waals surface area (Å²) in [4.78, 5) is 10.9. The molecule has 1 saturated carbocycles. The van der Waals surface area contributed by atoms with Gasteiger partial charge in [0.25, 0.3) is 0 Å². The number of hydrogen-bond donors (Lipinski definition) is 2. The molecule has 0 amide bonds. The Kier molecular flexibility index (Phi) is 4.24. The van der Waals surface area contributed by atoms with Crippen molar-refractivity contribution >= 4 is 11.6 Å². The van der Waals surface area contributed by atoms with Crippen LogP contribution in [-0.2, 0) is 0 Å². The number of aromatic nitrogens is 2. The molecular weight excluding hydrogens is 238 g/mol. The molecule has 1 aromatic heterocycles. The molecule has 1 fully saturated rings. The number of anilines is 2. The minimum absolute atomic E-state index is 0.275. The number of nitrogens with one attached hydrogen (secondary N) is 2. The second kappa shape index (κ2) is 5.74. The number of rotatable bonds is 5. The zero-order valence-corrected chi connectivity index (χ0v) is 12.5. The molecule has 0 saturated heterocycles. The topological polar surface area (TPSA) is 53.1 Å². The van der Waals surface area contributed by atoms with Crippen molar-refractivity contribution in [3.05, 3.63) is 11.9 Å². The highest BCUT2D eigenvalue weighted by Crippen LogP contribution is 2.34. The predicted molar refractivity (Wildman–Crippen MR) is 79.7 cm³/mol. The Labute approximate surface area is 115 Å². The number of hydrogen-bond acceptors (Lipinski definition) is 5. The molecule has 106 valence electrons. The van der Waals surface area contributed by atoms with Gasteiger partial charge in [0.1, 0.15) is 18.0 Å². The van der Waals surface area contributed by atoms with E-state index in [1.54, 1.807) is 6.33 Å². The van der Waals surface area contributed by atoms with Crippen molar-refractivity contribution in [2.24, 2.45) is 0 Å². The first kappa shape index (κ1) is 14.1. The van der Waals surface area contributed by atoms with Gasteiger partial charge >= 0.3 is 0 Å². The van der Waals surface area contributed by atoms with E-state index in [2.05, 4.69) is 39.6 Å². The van der Waals surface area contributed by atoms with Crippen LogP contribution in [0.15, 0.2) is 6.33 Å². The second-order valence-corrected chi connectivity index (χ2v) is 5.63. The molecule has 2 N–H and O–H groups in total. The lowest BCUT2D eigenvalue weighted by molar-refractivity contribution is 0.172. The minimum Gasteiger partial charge on any atom is -0.373 e. The van der Waals surface area contributed by atoms with E-state index >= 15 is 0 Å². The van der Waals surface area contributed by atoms with Crippen LogP contribution in [0.3, 0.4) is 0 Å². The Balaban J connectivity index is 2.09. The molecule has 0 radical (unpaired) electrons. The molecule has 0 aliphatic heterocycles. The predicted octanol–water partition coefficient (Wildman–Crippen LogP) is 2.11. The molecule has 0 bridgehead atoms. The largest absolute Gasteiger partial charge is 0.373 e. The average molecular weight is 263 g/mol. The maximum atomic E-state index is 4.36. The van der Waals surface area contributed by atoms with Crippen LogP contribution in [-0.4, -0.2) is 48.1 Å². The van der Waals surface area contributed by atoms with Gasteiger partial charge in [0.2, 0.25) is 0 Å². The van der Waals surface area contributed by atoms with Crippen LogP contribution >= 0.6 is 0 Å². The highest BCUT2D eigenvalue weighted by Gasteiger charge is 2.35. The summed E-state index contributed by atoms with van der Waals surface area (Å²) in [5.41, 5.74) is 1.36. The third-order valence-electron chi connectivity index (χ3n) is 4.39. The van der Waals surface area contributed by atoms with Crippen LogP contribution in [0.4, 0.5) is 11.6 Å². The van der Waals surface area contributed by atoms with Crippen LogP contribution in [0.25, 0.3) is 0 Å². The lowest BCUT2D eigenvalue weighted by Gasteiger charge is -2.36. The SMILES string of the molecule is CNc1ncnc(NCC2(N(C)C)CCCC2)c1C. The van der Waals surface area contributed by atoms with Gasteiger partial charge < -0.3 is 15.5 Å². The number of likely N-dealkylation sites (N-methyl/N-ethyl adjacent to an activating group) is 1. The van der Waals surface area contributed by atoms with E-state index in [9.17, 15) is 0 Å². The Morgan fingerprint density at radius 3 is 2.42 bits per heavy atom. The van der Waals surface area contributed by atoms with Crippen LogP contribution in [0.1, 0.15) is 31.2 Å². The van der Waals surface area contributed by atoms with Crippen molar-refractivity contribution in [3.63, 3.8) is 0 Å². The molecule has 0 spiro atoms. The maximum absolute atomic E-state index is 4.36. The highest BCUT2D eigenvalue weighted by molar-refractivity contribution is 5.56. The normalized spacial score (nSPS) is 17.7. The zero-order valence-electron chi connectivity index (χ0n) is 12.5. The Hall–Kier alpha value is -1.36. The molecule has 2 rings (SSSR count). The zero-order chi connectivity index (χ0) is 13.9. The van der Waals surface area contributed by atoms with E-state index in [0.717, 1.165) is 23.7 Å². The summed E-state index contributed by atoms with van der Waals surface area (Å²) in [6.45, 7) is 2.99. The fourth-order valence-corrected chi connectivity index (χ4v) is 2.94. The summed E-state index contributed by atoms with van der Waals surface area (Å²) in [6, 6.07) is 0. The lowest BCUT2D eigenvalue weighted by Crippen LogP contribution is -2.47. The lowest BCUT2D eigenvalue weighted by atomic mass is 9.96. The van der Waals surface area contributed by atoms with Gasteiger partial charge in [0, 0.05) is 24.7 Å². The van der Waals surface area contributed by atoms with Crippen molar-refractivity contribution in [3.8, 4) is 0 Å². The number of nitrogens with zero attached hydrogens (tertiary/aromatic N) is 3. The van der Waals surface area contributed by atoms with E-state index in [0.29, 0.717) is 0 Å². The van der Waals surface area contributed by atoms with Crippen molar-refractivity contribution < 1.29 is 0 Å². The smallest absolute Gasteiger partial charge is 0.134 e. The molecule has 19 heavy (non-hydrogen) atoms. The molecule has 0 atom stereocenters. The quantitative estimate of drug-likeness (QED) is 0.852. The maximum Gasteiger partial charge on any atom is 0.134 e. The fraction of sp³-hybridized carbons (Fsp3) is 0.714. The van der Waals surface area contributed by atoms with E-state index in [-0.39, 0.29) is 5.54 Å². The summed E-state index contributed by atoms with van der Waals surface area (Å²) >= 11 is 0. The molecule has 1 aromatic rings. The van der Waals surface area contributed by atoms with Gasteiger partial charge in [-0.05, 0) is 33.9 Å². The van der Waals surface area contributed by atoms with E-state index in [1.165, 1.54) is 25.7 Å².